The molecule has 146 valence electrons. The normalized spacial score (nSPS) is 12.1. The van der Waals surface area contributed by atoms with E-state index in [9.17, 15) is 0 Å². The van der Waals surface area contributed by atoms with E-state index in [1.165, 1.54) is 0 Å². The smallest absolute Gasteiger partial charge is 0.160 e. The number of aromatic nitrogens is 3. The molecule has 0 aliphatic heterocycles. The Balaban J connectivity index is 1.82. The number of rotatable bonds is 4. The van der Waals surface area contributed by atoms with Crippen molar-refractivity contribution in [1.82, 2.24) is 14.5 Å². The van der Waals surface area contributed by atoms with Crippen LogP contribution in [0.2, 0.25) is 10.0 Å². The molecule has 0 saturated heterocycles. The lowest BCUT2D eigenvalue weighted by molar-refractivity contribution is 0.623. The number of fused-ring (bicyclic) bond motifs is 1. The molecule has 6 heteroatoms. The third kappa shape index (κ3) is 3.78. The summed E-state index contributed by atoms with van der Waals surface area (Å²) in [6.45, 7) is 6.19. The molecule has 29 heavy (non-hydrogen) atoms. The highest BCUT2D eigenvalue weighted by molar-refractivity contribution is 6.39. The van der Waals surface area contributed by atoms with Crippen LogP contribution in [0, 0.1) is 0 Å². The maximum Gasteiger partial charge on any atom is 0.160 e. The molecule has 0 N–H and O–H groups in total. The molecule has 0 unspecified atom stereocenters. The van der Waals surface area contributed by atoms with Gasteiger partial charge < -0.3 is 4.57 Å². The summed E-state index contributed by atoms with van der Waals surface area (Å²) >= 11 is 12.5. The molecule has 2 heterocycles. The Labute approximate surface area is 179 Å². The zero-order valence-electron chi connectivity index (χ0n) is 16.4. The summed E-state index contributed by atoms with van der Waals surface area (Å²) in [7, 11) is 0. The maximum absolute atomic E-state index is 6.26. The zero-order valence-corrected chi connectivity index (χ0v) is 17.9. The van der Waals surface area contributed by atoms with Crippen LogP contribution in [-0.4, -0.2) is 20.2 Å². The van der Waals surface area contributed by atoms with Crippen LogP contribution in [-0.2, 0) is 0 Å². The van der Waals surface area contributed by atoms with Gasteiger partial charge in [0.25, 0.3) is 0 Å². The lowest BCUT2D eigenvalue weighted by Gasteiger charge is -2.13. The molecule has 0 atom stereocenters. The molecule has 4 nitrogen and oxygen atoms in total. The molecule has 0 fully saturated rings. The van der Waals surface area contributed by atoms with Gasteiger partial charge in [-0.05, 0) is 57.2 Å². The Morgan fingerprint density at radius 3 is 2.31 bits per heavy atom. The van der Waals surface area contributed by atoms with Crippen molar-refractivity contribution >= 4 is 45.6 Å². The number of aliphatic imine (C=N–C) groups is 1. The first kappa shape index (κ1) is 19.6. The molecule has 2 aromatic heterocycles. The van der Waals surface area contributed by atoms with Crippen molar-refractivity contribution in [3.8, 4) is 11.5 Å². The molecular formula is C23H20Cl2N4. The monoisotopic (exact) mass is 422 g/mol. The van der Waals surface area contributed by atoms with E-state index in [4.69, 9.17) is 33.2 Å². The van der Waals surface area contributed by atoms with Crippen molar-refractivity contribution < 1.29 is 0 Å². The van der Waals surface area contributed by atoms with Crippen LogP contribution in [0.3, 0.4) is 0 Å². The van der Waals surface area contributed by atoms with E-state index >= 15 is 0 Å². The first-order valence-corrected chi connectivity index (χ1v) is 10.2. The SMILES string of the molecule is CC(=Nc1c(Cl)cccc1Cl)c1cccc(-c2nc3ccccc3n2C(C)C)n1. The van der Waals surface area contributed by atoms with Gasteiger partial charge in [0.2, 0.25) is 0 Å². The minimum atomic E-state index is 0.250. The van der Waals surface area contributed by atoms with E-state index in [1.807, 2.05) is 43.3 Å². The summed E-state index contributed by atoms with van der Waals surface area (Å²) in [6.07, 6.45) is 0. The summed E-state index contributed by atoms with van der Waals surface area (Å²) in [6, 6.07) is 19.6. The number of benzene rings is 2. The van der Waals surface area contributed by atoms with Crippen molar-refractivity contribution in [1.29, 1.82) is 0 Å². The van der Waals surface area contributed by atoms with Gasteiger partial charge >= 0.3 is 0 Å². The summed E-state index contributed by atoms with van der Waals surface area (Å²) in [5.74, 6) is 0.839. The third-order valence-electron chi connectivity index (χ3n) is 4.68. The first-order chi connectivity index (χ1) is 14.0. The summed E-state index contributed by atoms with van der Waals surface area (Å²) in [4.78, 5) is 14.3. The van der Waals surface area contributed by atoms with Crippen molar-refractivity contribution in [3.63, 3.8) is 0 Å². The largest absolute Gasteiger partial charge is 0.320 e. The van der Waals surface area contributed by atoms with Crippen molar-refractivity contribution in [3.05, 3.63) is 76.4 Å². The summed E-state index contributed by atoms with van der Waals surface area (Å²) < 4.78 is 2.21. The highest BCUT2D eigenvalue weighted by Crippen LogP contribution is 2.33. The maximum atomic E-state index is 6.26. The minimum Gasteiger partial charge on any atom is -0.320 e. The molecule has 0 saturated carbocycles. The van der Waals surface area contributed by atoms with E-state index in [2.05, 4.69) is 29.5 Å². The molecule has 0 aliphatic carbocycles. The molecule has 0 bridgehead atoms. The number of para-hydroxylation sites is 3. The molecule has 0 radical (unpaired) electrons. The van der Waals surface area contributed by atoms with Gasteiger partial charge in [-0.25, -0.2) is 15.0 Å². The van der Waals surface area contributed by atoms with Crippen molar-refractivity contribution in [2.24, 2.45) is 4.99 Å². The van der Waals surface area contributed by atoms with Gasteiger partial charge in [-0.3, -0.25) is 0 Å². The van der Waals surface area contributed by atoms with Gasteiger partial charge in [-0.2, -0.15) is 0 Å². The van der Waals surface area contributed by atoms with E-state index in [0.717, 1.165) is 34.0 Å². The quantitative estimate of drug-likeness (QED) is 0.328. The van der Waals surface area contributed by atoms with Crippen molar-refractivity contribution in [2.75, 3.05) is 0 Å². The number of pyridine rings is 1. The van der Waals surface area contributed by atoms with Gasteiger partial charge in [0.15, 0.2) is 5.82 Å². The molecule has 4 rings (SSSR count). The average molecular weight is 423 g/mol. The fourth-order valence-electron chi connectivity index (χ4n) is 3.33. The second kappa shape index (κ2) is 7.97. The number of nitrogens with zero attached hydrogens (tertiary/aromatic N) is 4. The second-order valence-corrected chi connectivity index (χ2v) is 7.88. The molecule has 4 aromatic rings. The third-order valence-corrected chi connectivity index (χ3v) is 5.29. The molecule has 0 aliphatic rings. The first-order valence-electron chi connectivity index (χ1n) is 9.40. The fraction of sp³-hybridized carbons (Fsp3) is 0.174. The topological polar surface area (TPSA) is 43.1 Å². The highest BCUT2D eigenvalue weighted by atomic mass is 35.5. The van der Waals surface area contributed by atoms with E-state index in [1.54, 1.807) is 18.2 Å². The molecule has 0 spiro atoms. The molecule has 2 aromatic carbocycles. The Hall–Kier alpha value is -2.69. The van der Waals surface area contributed by atoms with Crippen LogP contribution in [0.4, 0.5) is 5.69 Å². The predicted molar refractivity (Wildman–Crippen MR) is 122 cm³/mol. The van der Waals surface area contributed by atoms with Crippen LogP contribution < -0.4 is 0 Å². The number of hydrogen-bond acceptors (Lipinski definition) is 3. The number of hydrogen-bond donors (Lipinski definition) is 0. The van der Waals surface area contributed by atoms with E-state index < -0.39 is 0 Å². The predicted octanol–water partition coefficient (Wildman–Crippen LogP) is 7.13. The van der Waals surface area contributed by atoms with Crippen LogP contribution in [0.1, 0.15) is 32.5 Å². The van der Waals surface area contributed by atoms with Gasteiger partial charge in [0, 0.05) is 6.04 Å². The molecule has 0 amide bonds. The Bertz CT molecular complexity index is 1200. The lowest BCUT2D eigenvalue weighted by atomic mass is 10.2. The van der Waals surface area contributed by atoms with Gasteiger partial charge in [0.1, 0.15) is 11.4 Å². The standard InChI is InChI=1S/C23H20Cl2N4/c1-14(2)29-21-13-5-4-10-19(21)28-23(29)20-12-7-11-18(27-20)15(3)26-22-16(24)8-6-9-17(22)25/h4-14H,1-3H3. The second-order valence-electron chi connectivity index (χ2n) is 7.06. The van der Waals surface area contributed by atoms with Gasteiger partial charge in [-0.15, -0.1) is 0 Å². The Morgan fingerprint density at radius 2 is 1.59 bits per heavy atom. The number of imidazole rings is 1. The highest BCUT2D eigenvalue weighted by Gasteiger charge is 2.16. The van der Waals surface area contributed by atoms with Crippen LogP contribution in [0.15, 0.2) is 65.7 Å². The van der Waals surface area contributed by atoms with Gasteiger partial charge in [0.05, 0.1) is 32.5 Å². The van der Waals surface area contributed by atoms with Crippen LogP contribution in [0.25, 0.3) is 22.6 Å². The minimum absolute atomic E-state index is 0.250. The lowest BCUT2D eigenvalue weighted by Crippen LogP contribution is -2.06. The van der Waals surface area contributed by atoms with E-state index in [0.29, 0.717) is 15.7 Å². The summed E-state index contributed by atoms with van der Waals surface area (Å²) in [5, 5.41) is 1.02. The van der Waals surface area contributed by atoms with Crippen molar-refractivity contribution in [2.45, 2.75) is 26.8 Å². The Kier molecular flexibility index (Phi) is 5.39. The Morgan fingerprint density at radius 1 is 0.897 bits per heavy atom. The van der Waals surface area contributed by atoms with Gasteiger partial charge in [-0.1, -0.05) is 47.5 Å². The van der Waals surface area contributed by atoms with Crippen LogP contribution in [0.5, 0.6) is 0 Å². The van der Waals surface area contributed by atoms with Crippen LogP contribution >= 0.6 is 23.2 Å². The summed E-state index contributed by atoms with van der Waals surface area (Å²) in [5.41, 5.74) is 4.88. The number of halogens is 2. The molecular weight excluding hydrogens is 403 g/mol. The van der Waals surface area contributed by atoms with E-state index in [-0.39, 0.29) is 6.04 Å². The average Bonchev–Trinajstić information content (AvgIpc) is 3.11. The zero-order chi connectivity index (χ0) is 20.5. The fourth-order valence-corrected chi connectivity index (χ4v) is 3.81.